The number of rotatable bonds is 6. The number of methoxy groups -OCH3 is 2. The van der Waals surface area contributed by atoms with E-state index < -0.39 is 0 Å². The van der Waals surface area contributed by atoms with Gasteiger partial charge in [0, 0.05) is 5.56 Å². The molecular formula is C18H20N2O5. The van der Waals surface area contributed by atoms with Gasteiger partial charge in [-0.1, -0.05) is 6.07 Å². The van der Waals surface area contributed by atoms with Crippen LogP contribution in [0.15, 0.2) is 41.5 Å². The summed E-state index contributed by atoms with van der Waals surface area (Å²) in [4.78, 5) is 12.1. The average Bonchev–Trinajstić information content (AvgIpc) is 2.61. The Labute approximate surface area is 145 Å². The van der Waals surface area contributed by atoms with Crippen LogP contribution in [0.1, 0.15) is 18.1 Å². The van der Waals surface area contributed by atoms with Crippen LogP contribution in [0.2, 0.25) is 0 Å². The predicted octanol–water partition coefficient (Wildman–Crippen LogP) is 2.20. The Hall–Kier alpha value is -3.22. The number of ether oxygens (including phenoxy) is 2. The third-order valence-corrected chi connectivity index (χ3v) is 3.53. The maximum atomic E-state index is 12.1. The predicted molar refractivity (Wildman–Crippen MR) is 93.4 cm³/mol. The van der Waals surface area contributed by atoms with E-state index in [1.165, 1.54) is 25.3 Å². The van der Waals surface area contributed by atoms with E-state index in [4.69, 9.17) is 9.47 Å². The van der Waals surface area contributed by atoms with E-state index in [0.29, 0.717) is 22.8 Å². The first-order valence-corrected chi connectivity index (χ1v) is 7.51. The summed E-state index contributed by atoms with van der Waals surface area (Å²) in [6.07, 6.45) is 0.100. The van der Waals surface area contributed by atoms with Gasteiger partial charge in [0.1, 0.15) is 11.5 Å². The molecule has 2 rings (SSSR count). The Bertz CT molecular complexity index is 802. The van der Waals surface area contributed by atoms with Crippen LogP contribution in [-0.2, 0) is 11.2 Å². The molecule has 2 aromatic rings. The highest BCUT2D eigenvalue weighted by Crippen LogP contribution is 2.27. The highest BCUT2D eigenvalue weighted by Gasteiger charge is 2.09. The van der Waals surface area contributed by atoms with Crippen molar-refractivity contribution in [2.75, 3.05) is 14.2 Å². The molecule has 0 radical (unpaired) electrons. The molecule has 0 aromatic heterocycles. The number of hydrogen-bond donors (Lipinski definition) is 3. The lowest BCUT2D eigenvalue weighted by molar-refractivity contribution is -0.120. The fourth-order valence-electron chi connectivity index (χ4n) is 2.24. The molecule has 0 saturated carbocycles. The summed E-state index contributed by atoms with van der Waals surface area (Å²) in [5.74, 6) is 0.760. The Morgan fingerprint density at radius 2 is 1.80 bits per heavy atom. The van der Waals surface area contributed by atoms with Crippen LogP contribution in [0.25, 0.3) is 0 Å². The van der Waals surface area contributed by atoms with Crippen molar-refractivity contribution < 1.29 is 24.5 Å². The Balaban J connectivity index is 2.06. The molecule has 7 heteroatoms. The van der Waals surface area contributed by atoms with Gasteiger partial charge in [-0.2, -0.15) is 5.10 Å². The summed E-state index contributed by atoms with van der Waals surface area (Å²) < 4.78 is 10.4. The molecule has 25 heavy (non-hydrogen) atoms. The zero-order valence-electron chi connectivity index (χ0n) is 14.2. The van der Waals surface area contributed by atoms with Gasteiger partial charge in [-0.15, -0.1) is 0 Å². The van der Waals surface area contributed by atoms with Gasteiger partial charge in [0.15, 0.2) is 11.5 Å². The molecule has 0 atom stereocenters. The van der Waals surface area contributed by atoms with Gasteiger partial charge in [0.25, 0.3) is 0 Å². The van der Waals surface area contributed by atoms with E-state index >= 15 is 0 Å². The number of hydrogen-bond acceptors (Lipinski definition) is 6. The summed E-state index contributed by atoms with van der Waals surface area (Å²) in [5, 5.41) is 23.2. The zero-order chi connectivity index (χ0) is 18.4. The zero-order valence-corrected chi connectivity index (χ0v) is 14.2. The summed E-state index contributed by atoms with van der Waals surface area (Å²) in [6, 6.07) is 9.29. The largest absolute Gasteiger partial charge is 0.508 e. The molecule has 0 saturated heterocycles. The molecular weight excluding hydrogens is 324 g/mol. The van der Waals surface area contributed by atoms with Gasteiger partial charge in [-0.25, -0.2) is 5.43 Å². The fraction of sp³-hybridized carbons (Fsp3) is 0.222. The minimum atomic E-state index is -0.328. The molecule has 2 aromatic carbocycles. The van der Waals surface area contributed by atoms with Crippen molar-refractivity contribution in [2.24, 2.45) is 5.10 Å². The van der Waals surface area contributed by atoms with E-state index in [1.807, 2.05) is 0 Å². The van der Waals surface area contributed by atoms with E-state index in [2.05, 4.69) is 10.5 Å². The van der Waals surface area contributed by atoms with Crippen molar-refractivity contribution in [3.05, 3.63) is 47.5 Å². The lowest BCUT2D eigenvalue weighted by Gasteiger charge is -2.09. The number of nitrogens with zero attached hydrogens (tertiary/aromatic N) is 1. The Kier molecular flexibility index (Phi) is 5.84. The fourth-order valence-corrected chi connectivity index (χ4v) is 2.24. The van der Waals surface area contributed by atoms with E-state index in [-0.39, 0.29) is 23.8 Å². The number of hydrazone groups is 1. The molecule has 0 fully saturated rings. The van der Waals surface area contributed by atoms with Gasteiger partial charge in [-0.05, 0) is 42.8 Å². The minimum Gasteiger partial charge on any atom is -0.508 e. The van der Waals surface area contributed by atoms with Crippen LogP contribution >= 0.6 is 0 Å². The van der Waals surface area contributed by atoms with E-state index in [1.54, 1.807) is 32.2 Å². The summed E-state index contributed by atoms with van der Waals surface area (Å²) in [5.41, 5.74) is 3.87. The number of benzene rings is 2. The maximum Gasteiger partial charge on any atom is 0.244 e. The minimum absolute atomic E-state index is 0.000922. The van der Waals surface area contributed by atoms with Gasteiger partial charge in [-0.3, -0.25) is 4.79 Å². The van der Waals surface area contributed by atoms with Crippen LogP contribution in [0, 0.1) is 0 Å². The number of phenols is 2. The second-order valence-electron chi connectivity index (χ2n) is 5.30. The highest BCUT2D eigenvalue weighted by atomic mass is 16.5. The monoisotopic (exact) mass is 344 g/mol. The second-order valence-corrected chi connectivity index (χ2v) is 5.30. The molecule has 0 bridgehead atoms. The number of amides is 1. The first kappa shape index (κ1) is 18.1. The van der Waals surface area contributed by atoms with Crippen molar-refractivity contribution in [1.82, 2.24) is 5.43 Å². The topological polar surface area (TPSA) is 100 Å². The van der Waals surface area contributed by atoms with Gasteiger partial charge >= 0.3 is 0 Å². The Morgan fingerprint density at radius 3 is 2.48 bits per heavy atom. The summed E-state index contributed by atoms with van der Waals surface area (Å²) in [7, 11) is 3.07. The molecule has 0 aliphatic heterocycles. The van der Waals surface area contributed by atoms with Crippen molar-refractivity contribution in [3.8, 4) is 23.0 Å². The lowest BCUT2D eigenvalue weighted by Crippen LogP contribution is -2.21. The van der Waals surface area contributed by atoms with Crippen molar-refractivity contribution >= 4 is 11.6 Å². The third-order valence-electron chi connectivity index (χ3n) is 3.53. The molecule has 0 spiro atoms. The normalized spacial score (nSPS) is 11.1. The summed E-state index contributed by atoms with van der Waals surface area (Å²) in [6.45, 7) is 1.62. The second kappa shape index (κ2) is 8.05. The van der Waals surface area contributed by atoms with Crippen LogP contribution in [0.4, 0.5) is 0 Å². The summed E-state index contributed by atoms with van der Waals surface area (Å²) >= 11 is 0. The van der Waals surface area contributed by atoms with Crippen LogP contribution in [-0.4, -0.2) is 36.1 Å². The first-order valence-electron chi connectivity index (χ1n) is 7.51. The molecule has 1 amide bonds. The smallest absolute Gasteiger partial charge is 0.244 e. The van der Waals surface area contributed by atoms with Crippen LogP contribution < -0.4 is 14.9 Å². The van der Waals surface area contributed by atoms with E-state index in [9.17, 15) is 15.0 Å². The molecule has 3 N–H and O–H groups in total. The maximum absolute atomic E-state index is 12.1. The quantitative estimate of drug-likeness (QED) is 0.424. The van der Waals surface area contributed by atoms with Crippen molar-refractivity contribution in [3.63, 3.8) is 0 Å². The first-order chi connectivity index (χ1) is 11.9. The van der Waals surface area contributed by atoms with Gasteiger partial charge in [0.05, 0.1) is 26.4 Å². The highest BCUT2D eigenvalue weighted by molar-refractivity contribution is 6.01. The molecule has 132 valence electrons. The lowest BCUT2D eigenvalue weighted by atomic mass is 10.1. The van der Waals surface area contributed by atoms with Crippen molar-refractivity contribution in [2.45, 2.75) is 13.3 Å². The van der Waals surface area contributed by atoms with E-state index in [0.717, 1.165) is 5.56 Å². The number of phenolic OH excluding ortho intramolecular Hbond substituents is 2. The molecule has 7 nitrogen and oxygen atoms in total. The molecule has 0 aliphatic carbocycles. The number of nitrogens with one attached hydrogen (secondary N) is 1. The van der Waals surface area contributed by atoms with Gasteiger partial charge < -0.3 is 19.7 Å². The standard InChI is InChI=1S/C18H20N2O5/c1-11(14-10-13(21)5-6-15(14)22)19-20-18(23)9-12-4-7-16(24-2)17(8-12)25-3/h4-8,10,21-22H,9H2,1-3H3,(H,20,23)/b19-11+. The molecule has 0 heterocycles. The van der Waals surface area contributed by atoms with Crippen molar-refractivity contribution in [1.29, 1.82) is 0 Å². The average molecular weight is 344 g/mol. The molecule has 0 aliphatic rings. The Morgan fingerprint density at radius 1 is 1.08 bits per heavy atom. The number of carbonyl (C=O) groups excluding carboxylic acids is 1. The van der Waals surface area contributed by atoms with Crippen LogP contribution in [0.3, 0.4) is 0 Å². The third kappa shape index (κ3) is 4.63. The van der Waals surface area contributed by atoms with Crippen LogP contribution in [0.5, 0.6) is 23.0 Å². The van der Waals surface area contributed by atoms with Gasteiger partial charge in [0.2, 0.25) is 5.91 Å². The SMILES string of the molecule is COc1ccc(CC(=O)N/N=C(\C)c2cc(O)ccc2O)cc1OC. The number of aromatic hydroxyl groups is 2. The number of carbonyl (C=O) groups is 1. The molecule has 0 unspecified atom stereocenters.